The fraction of sp³-hybridized carbons (Fsp3) is 0.265. The highest BCUT2D eigenvalue weighted by molar-refractivity contribution is 6.08. The minimum absolute atomic E-state index is 0.0176. The van der Waals surface area contributed by atoms with Crippen molar-refractivity contribution in [3.8, 4) is 0 Å². The van der Waals surface area contributed by atoms with Gasteiger partial charge in [-0.2, -0.15) is 0 Å². The van der Waals surface area contributed by atoms with E-state index >= 15 is 0 Å². The third kappa shape index (κ3) is 9.51. The van der Waals surface area contributed by atoms with Gasteiger partial charge in [-0.3, -0.25) is 33.6 Å². The maximum absolute atomic E-state index is 13.2. The van der Waals surface area contributed by atoms with Crippen LogP contribution in [0.1, 0.15) is 65.5 Å². The Morgan fingerprint density at radius 2 is 1.07 bits per heavy atom. The number of nitrogens with zero attached hydrogens (tertiary/aromatic N) is 7. The molecule has 0 saturated carbocycles. The van der Waals surface area contributed by atoms with E-state index in [-0.39, 0.29) is 60.5 Å². The van der Waals surface area contributed by atoms with E-state index in [1.165, 1.54) is 55.1 Å². The Balaban J connectivity index is 1.10. The van der Waals surface area contributed by atoms with Crippen LogP contribution in [-0.2, 0) is 44.8 Å². The molecular weight excluding hydrogens is 718 g/mol. The molecule has 0 fully saturated rings. The van der Waals surface area contributed by atoms with Crippen molar-refractivity contribution in [3.05, 3.63) is 84.1 Å². The lowest BCUT2D eigenvalue weighted by Gasteiger charge is -2.05. The Hall–Kier alpha value is -7.45. The monoisotopic (exact) mass is 757 g/mol. The summed E-state index contributed by atoms with van der Waals surface area (Å²) in [6.07, 6.45) is 8.88. The molecule has 55 heavy (non-hydrogen) atoms. The van der Waals surface area contributed by atoms with Gasteiger partial charge in [-0.05, 0) is 18.2 Å². The van der Waals surface area contributed by atoms with Gasteiger partial charge < -0.3 is 59.8 Å². The number of aromatic nitrogens is 7. The van der Waals surface area contributed by atoms with Crippen molar-refractivity contribution in [3.63, 3.8) is 0 Å². The topological polar surface area (TPSA) is 262 Å². The van der Waals surface area contributed by atoms with E-state index in [4.69, 9.17) is 5.11 Å². The third-order valence-corrected chi connectivity index (χ3v) is 8.12. The van der Waals surface area contributed by atoms with Crippen LogP contribution in [0.2, 0.25) is 0 Å². The Morgan fingerprint density at radius 3 is 1.60 bits per heavy atom. The van der Waals surface area contributed by atoms with Gasteiger partial charge in [0.2, 0.25) is 11.7 Å². The lowest BCUT2D eigenvalue weighted by atomic mass is 10.3. The number of hydrogen-bond acceptors (Lipinski definition) is 9. The van der Waals surface area contributed by atoms with Crippen LogP contribution in [0.5, 0.6) is 0 Å². The van der Waals surface area contributed by atoms with Crippen molar-refractivity contribution < 1.29 is 38.7 Å². The molecule has 0 bridgehead atoms. The van der Waals surface area contributed by atoms with Gasteiger partial charge >= 0.3 is 5.97 Å². The zero-order chi connectivity index (χ0) is 40.0. The van der Waals surface area contributed by atoms with Crippen molar-refractivity contribution in [2.24, 2.45) is 35.2 Å². The van der Waals surface area contributed by atoms with E-state index in [0.29, 0.717) is 17.1 Å². The van der Waals surface area contributed by atoms with Crippen LogP contribution in [0.3, 0.4) is 0 Å². The molecule has 0 atom stereocenters. The van der Waals surface area contributed by atoms with Gasteiger partial charge in [0, 0.05) is 91.9 Å². The first-order chi connectivity index (χ1) is 26.1. The third-order valence-electron chi connectivity index (χ3n) is 8.12. The first-order valence-corrected chi connectivity index (χ1v) is 16.6. The van der Waals surface area contributed by atoms with Crippen molar-refractivity contribution in [1.29, 1.82) is 0 Å². The van der Waals surface area contributed by atoms with Crippen LogP contribution in [0.4, 0.5) is 22.9 Å². The molecule has 0 aromatic carbocycles. The summed E-state index contributed by atoms with van der Waals surface area (Å²) in [7, 11) is 8.10. The van der Waals surface area contributed by atoms with E-state index in [1.807, 2.05) is 0 Å². The first-order valence-electron chi connectivity index (χ1n) is 16.6. The van der Waals surface area contributed by atoms with E-state index < -0.39 is 41.4 Å². The number of aryl methyl sites for hydroxylation is 5. The molecule has 7 N–H and O–H groups in total. The summed E-state index contributed by atoms with van der Waals surface area (Å²) in [6, 6.07) is 4.40. The van der Waals surface area contributed by atoms with Crippen molar-refractivity contribution in [2.45, 2.75) is 12.8 Å². The summed E-state index contributed by atoms with van der Waals surface area (Å²) < 4.78 is 7.49. The van der Waals surface area contributed by atoms with Gasteiger partial charge in [-0.25, -0.2) is 9.97 Å². The summed E-state index contributed by atoms with van der Waals surface area (Å²) >= 11 is 0. The molecular formula is C34H39N13O8. The van der Waals surface area contributed by atoms with Gasteiger partial charge in [0.25, 0.3) is 29.5 Å². The van der Waals surface area contributed by atoms with E-state index in [2.05, 4.69) is 41.9 Å². The fourth-order valence-corrected chi connectivity index (χ4v) is 5.43. The summed E-state index contributed by atoms with van der Waals surface area (Å²) in [4.78, 5) is 95.3. The summed E-state index contributed by atoms with van der Waals surface area (Å²) in [6.45, 7) is -0.0698. The quantitative estimate of drug-likeness (QED) is 0.0793. The molecule has 0 aliphatic rings. The summed E-state index contributed by atoms with van der Waals surface area (Å²) in [5.41, 5.74) is 1.61. The minimum Gasteiger partial charge on any atom is -0.481 e. The fourth-order valence-electron chi connectivity index (χ4n) is 5.43. The molecule has 0 saturated heterocycles. The number of anilines is 4. The van der Waals surface area contributed by atoms with Crippen LogP contribution >= 0.6 is 0 Å². The molecule has 0 spiro atoms. The molecule has 6 amide bonds. The number of carbonyl (C=O) groups is 7. The second kappa shape index (κ2) is 16.5. The average Bonchev–Trinajstić information content (AvgIpc) is 3.93. The molecule has 5 rings (SSSR count). The molecule has 0 unspecified atom stereocenters. The predicted molar refractivity (Wildman–Crippen MR) is 197 cm³/mol. The van der Waals surface area contributed by atoms with Gasteiger partial charge in [0.05, 0.1) is 23.5 Å². The zero-order valence-corrected chi connectivity index (χ0v) is 30.5. The molecule has 5 heterocycles. The Bertz CT molecular complexity index is 2300. The van der Waals surface area contributed by atoms with Gasteiger partial charge in [-0.1, -0.05) is 0 Å². The number of carboxylic acid groups (broad SMARTS) is 1. The zero-order valence-electron chi connectivity index (χ0n) is 30.5. The number of amides is 6. The Morgan fingerprint density at radius 1 is 0.564 bits per heavy atom. The van der Waals surface area contributed by atoms with Gasteiger partial charge in [0.15, 0.2) is 11.6 Å². The number of nitrogens with one attached hydrogen (secondary N) is 6. The van der Waals surface area contributed by atoms with E-state index in [1.54, 1.807) is 58.4 Å². The van der Waals surface area contributed by atoms with Crippen LogP contribution in [-0.4, -0.2) is 92.4 Å². The largest absolute Gasteiger partial charge is 0.481 e. The molecule has 0 aliphatic heterocycles. The molecule has 288 valence electrons. The highest BCUT2D eigenvalue weighted by Crippen LogP contribution is 2.20. The first kappa shape index (κ1) is 38.8. The van der Waals surface area contributed by atoms with Crippen molar-refractivity contribution in [2.75, 3.05) is 34.4 Å². The van der Waals surface area contributed by atoms with Crippen LogP contribution in [0.25, 0.3) is 0 Å². The molecule has 5 aromatic rings. The highest BCUT2D eigenvalue weighted by Gasteiger charge is 2.20. The standard InChI is InChI=1S/C34H39N13O8/c1-43-11-10-35-28(43)34(55)42-25-18-47(5)29(41-25)33(54)37-8-6-26(48)38-19-12-23(45(3)15-19)31(52)40-21-14-24(46(4)17-21)32(53)39-20-13-22(44(2)16-20)30(51)36-9-7-27(49)50/h10-18H,6-9H2,1-5H3,(H,36,51)(H,37,54)(H,38,48)(H,39,53)(H,40,52)(H,42,55)(H,49,50). The lowest BCUT2D eigenvalue weighted by Crippen LogP contribution is -2.29. The van der Waals surface area contributed by atoms with Gasteiger partial charge in [-0.15, -0.1) is 0 Å². The second-order valence-electron chi connectivity index (χ2n) is 12.4. The minimum atomic E-state index is -1.04. The average molecular weight is 758 g/mol. The lowest BCUT2D eigenvalue weighted by molar-refractivity contribution is -0.136. The number of aliphatic carboxylic acids is 1. The van der Waals surface area contributed by atoms with Crippen LogP contribution < -0.4 is 31.9 Å². The highest BCUT2D eigenvalue weighted by atomic mass is 16.4. The normalized spacial score (nSPS) is 10.8. The summed E-state index contributed by atoms with van der Waals surface area (Å²) in [5.74, 6) is -3.70. The van der Waals surface area contributed by atoms with Crippen molar-refractivity contribution >= 4 is 64.3 Å². The smallest absolute Gasteiger partial charge is 0.305 e. The maximum Gasteiger partial charge on any atom is 0.305 e. The Labute approximate surface area is 312 Å². The van der Waals surface area contributed by atoms with E-state index in [9.17, 15) is 33.6 Å². The number of carboxylic acids is 1. The molecule has 21 nitrogen and oxygen atoms in total. The van der Waals surface area contributed by atoms with Crippen LogP contribution in [0, 0.1) is 0 Å². The number of hydrogen-bond donors (Lipinski definition) is 7. The molecule has 0 radical (unpaired) electrons. The van der Waals surface area contributed by atoms with E-state index in [0.717, 1.165) is 0 Å². The maximum atomic E-state index is 13.2. The SMILES string of the molecule is Cn1cc(NC(=O)c2cc(NC(=O)c3cc(NC(=O)CCNC(=O)c4nc(NC(=O)c5nccn5C)cn4C)cn3C)cn2C)cc1C(=O)NCCC(=O)O. The summed E-state index contributed by atoms with van der Waals surface area (Å²) in [5, 5.41) is 24.6. The predicted octanol–water partition coefficient (Wildman–Crippen LogP) is 0.889. The number of carbonyl (C=O) groups excluding carboxylic acids is 6. The molecule has 5 aromatic heterocycles. The number of rotatable bonds is 15. The Kier molecular flexibility index (Phi) is 11.6. The molecule has 0 aliphatic carbocycles. The van der Waals surface area contributed by atoms with Crippen molar-refractivity contribution in [1.82, 2.24) is 43.4 Å². The van der Waals surface area contributed by atoms with Crippen LogP contribution in [0.15, 0.2) is 55.4 Å². The molecule has 21 heteroatoms. The van der Waals surface area contributed by atoms with Gasteiger partial charge in [0.1, 0.15) is 17.1 Å². The second-order valence-corrected chi connectivity index (χ2v) is 12.4. The number of imidazole rings is 2.